The van der Waals surface area contributed by atoms with Crippen LogP contribution in [0.2, 0.25) is 0 Å². The third kappa shape index (κ3) is 2.40. The number of benzene rings is 1. The number of aromatic nitrogens is 3. The van der Waals surface area contributed by atoms with Crippen LogP contribution in [-0.4, -0.2) is 27.3 Å². The second-order valence-corrected chi connectivity index (χ2v) is 7.46. The molecule has 1 aliphatic rings. The summed E-state index contributed by atoms with van der Waals surface area (Å²) in [4.78, 5) is 17.5. The van der Waals surface area contributed by atoms with Gasteiger partial charge in [-0.3, -0.25) is 14.1 Å². The van der Waals surface area contributed by atoms with Crippen LogP contribution in [0.4, 0.5) is 0 Å². The van der Waals surface area contributed by atoms with Crippen LogP contribution in [0, 0.1) is 0 Å². The molecule has 2 atom stereocenters. The maximum Gasteiger partial charge on any atom is 0.329 e. The van der Waals surface area contributed by atoms with Crippen LogP contribution in [-0.2, 0) is 11.8 Å². The molecular formula is C18H20BrN3O2. The van der Waals surface area contributed by atoms with Gasteiger partial charge in [-0.25, -0.2) is 4.79 Å². The minimum absolute atomic E-state index is 0.0287. The number of nitrogens with zero attached hydrogens (tertiary/aromatic N) is 3. The lowest BCUT2D eigenvalue weighted by molar-refractivity contribution is 0.0531. The molecular weight excluding hydrogens is 370 g/mol. The molecule has 6 heteroatoms. The fourth-order valence-electron chi connectivity index (χ4n) is 3.91. The predicted octanol–water partition coefficient (Wildman–Crippen LogP) is 3.78. The molecule has 1 saturated carbocycles. The zero-order valence-electron chi connectivity index (χ0n) is 13.8. The Hall–Kier alpha value is -1.66. The Morgan fingerprint density at radius 1 is 1.33 bits per heavy atom. The highest BCUT2D eigenvalue weighted by atomic mass is 79.9. The number of aryl methyl sites for hydroxylation is 1. The van der Waals surface area contributed by atoms with Crippen molar-refractivity contribution in [3.05, 3.63) is 39.4 Å². The van der Waals surface area contributed by atoms with E-state index in [2.05, 4.69) is 27.0 Å². The molecule has 0 radical (unpaired) electrons. The minimum Gasteiger partial charge on any atom is -0.381 e. The second kappa shape index (κ2) is 6.01. The van der Waals surface area contributed by atoms with Crippen molar-refractivity contribution in [2.75, 3.05) is 7.11 Å². The maximum absolute atomic E-state index is 13.0. The Morgan fingerprint density at radius 3 is 2.96 bits per heavy atom. The molecule has 0 bridgehead atoms. The second-order valence-electron chi connectivity index (χ2n) is 6.54. The van der Waals surface area contributed by atoms with Crippen molar-refractivity contribution in [3.63, 3.8) is 0 Å². The lowest BCUT2D eigenvalue weighted by Crippen LogP contribution is -2.31. The van der Waals surface area contributed by atoms with Gasteiger partial charge in [0, 0.05) is 30.1 Å². The largest absolute Gasteiger partial charge is 0.381 e. The number of hydrogen-bond donors (Lipinski definition) is 0. The topological polar surface area (TPSA) is 49.0 Å². The highest BCUT2D eigenvalue weighted by molar-refractivity contribution is 9.10. The van der Waals surface area contributed by atoms with Crippen LogP contribution < -0.4 is 5.69 Å². The van der Waals surface area contributed by atoms with Crippen molar-refractivity contribution < 1.29 is 4.74 Å². The number of ether oxygens (including phenoxy) is 1. The third-order valence-corrected chi connectivity index (χ3v) is 5.67. The molecule has 1 aromatic carbocycles. The Morgan fingerprint density at radius 2 is 2.17 bits per heavy atom. The molecule has 1 fully saturated rings. The van der Waals surface area contributed by atoms with Crippen LogP contribution in [0.5, 0.6) is 0 Å². The molecule has 24 heavy (non-hydrogen) atoms. The van der Waals surface area contributed by atoms with Crippen LogP contribution in [0.3, 0.4) is 0 Å². The Bertz CT molecular complexity index is 976. The van der Waals surface area contributed by atoms with Gasteiger partial charge in [-0.2, -0.15) is 0 Å². The molecule has 2 heterocycles. The van der Waals surface area contributed by atoms with Crippen molar-refractivity contribution >= 4 is 37.9 Å². The van der Waals surface area contributed by atoms with Crippen molar-refractivity contribution in [1.29, 1.82) is 0 Å². The fraction of sp³-hybridized carbons (Fsp3) is 0.444. The van der Waals surface area contributed by atoms with Crippen LogP contribution in [0.1, 0.15) is 31.7 Å². The summed E-state index contributed by atoms with van der Waals surface area (Å²) in [6.07, 6.45) is 6.08. The van der Waals surface area contributed by atoms with E-state index in [-0.39, 0.29) is 17.8 Å². The molecule has 1 aliphatic carbocycles. The first-order chi connectivity index (χ1) is 11.6. The van der Waals surface area contributed by atoms with Crippen molar-refractivity contribution in [2.24, 2.45) is 7.05 Å². The van der Waals surface area contributed by atoms with Gasteiger partial charge < -0.3 is 4.74 Å². The molecule has 0 unspecified atom stereocenters. The van der Waals surface area contributed by atoms with Gasteiger partial charge in [-0.1, -0.05) is 15.9 Å². The summed E-state index contributed by atoms with van der Waals surface area (Å²) in [7, 11) is 3.58. The van der Waals surface area contributed by atoms with Crippen LogP contribution in [0.25, 0.3) is 21.9 Å². The summed E-state index contributed by atoms with van der Waals surface area (Å²) >= 11 is 3.54. The highest BCUT2D eigenvalue weighted by Crippen LogP contribution is 2.34. The Labute approximate surface area is 148 Å². The zero-order chi connectivity index (χ0) is 16.8. The number of rotatable bonds is 2. The molecule has 0 spiro atoms. The van der Waals surface area contributed by atoms with E-state index in [9.17, 15) is 4.79 Å². The normalized spacial score (nSPS) is 21.6. The molecule has 3 aromatic rings. The van der Waals surface area contributed by atoms with Gasteiger partial charge in [0.2, 0.25) is 0 Å². The molecule has 2 aromatic heterocycles. The Kier molecular flexibility index (Phi) is 3.96. The summed E-state index contributed by atoms with van der Waals surface area (Å²) < 4.78 is 10.2. The van der Waals surface area contributed by atoms with E-state index in [4.69, 9.17) is 4.74 Å². The molecule has 0 aliphatic heterocycles. The molecule has 0 amide bonds. The number of halogens is 1. The summed E-state index contributed by atoms with van der Waals surface area (Å²) in [6, 6.07) is 6.19. The van der Waals surface area contributed by atoms with E-state index in [1.807, 2.05) is 23.7 Å². The van der Waals surface area contributed by atoms with E-state index in [1.165, 1.54) is 0 Å². The van der Waals surface area contributed by atoms with E-state index >= 15 is 0 Å². The number of imidazole rings is 1. The number of methoxy groups -OCH3 is 1. The molecule has 4 rings (SSSR count). The summed E-state index contributed by atoms with van der Waals surface area (Å²) in [5, 5.41) is 1.01. The van der Waals surface area contributed by atoms with Gasteiger partial charge in [0.25, 0.3) is 0 Å². The first kappa shape index (κ1) is 15.8. The standard InChI is InChI=1S/C18H20BrN3O2/c1-21-16-10-20-15-7-6-11(19)8-14(15)17(16)22(18(21)23)12-4-3-5-13(9-12)24-2/h6-8,10,12-13H,3-5,9H2,1-2H3/t12-,13+/m1/s1. The van der Waals surface area contributed by atoms with Crippen molar-refractivity contribution in [1.82, 2.24) is 14.1 Å². The molecule has 126 valence electrons. The quantitative estimate of drug-likeness (QED) is 0.669. The molecule has 0 saturated heterocycles. The van der Waals surface area contributed by atoms with E-state index < -0.39 is 0 Å². The third-order valence-electron chi connectivity index (χ3n) is 5.17. The maximum atomic E-state index is 13.0. The summed E-state index contributed by atoms with van der Waals surface area (Å²) in [5.41, 5.74) is 2.80. The van der Waals surface area contributed by atoms with Crippen LogP contribution in [0.15, 0.2) is 33.7 Å². The lowest BCUT2D eigenvalue weighted by Gasteiger charge is -2.29. The monoisotopic (exact) mass is 389 g/mol. The van der Waals surface area contributed by atoms with Gasteiger partial charge in [-0.05, 0) is 43.9 Å². The van der Waals surface area contributed by atoms with Gasteiger partial charge in [0.1, 0.15) is 0 Å². The average molecular weight is 390 g/mol. The SMILES string of the molecule is CO[C@H]1CCC[C@@H](n2c(=O)n(C)c3cnc4ccc(Br)cc4c32)C1. The summed E-state index contributed by atoms with van der Waals surface area (Å²) in [5.74, 6) is 0. The van der Waals surface area contributed by atoms with E-state index in [0.717, 1.165) is 52.1 Å². The predicted molar refractivity (Wildman–Crippen MR) is 98.5 cm³/mol. The number of hydrogen-bond acceptors (Lipinski definition) is 3. The van der Waals surface area contributed by atoms with Crippen molar-refractivity contribution in [2.45, 2.75) is 37.8 Å². The van der Waals surface area contributed by atoms with E-state index in [1.54, 1.807) is 17.9 Å². The van der Waals surface area contributed by atoms with Crippen molar-refractivity contribution in [3.8, 4) is 0 Å². The first-order valence-electron chi connectivity index (χ1n) is 8.28. The van der Waals surface area contributed by atoms with Gasteiger partial charge in [0.05, 0.1) is 28.9 Å². The lowest BCUT2D eigenvalue weighted by atomic mass is 9.92. The number of fused-ring (bicyclic) bond motifs is 3. The fourth-order valence-corrected chi connectivity index (χ4v) is 4.27. The van der Waals surface area contributed by atoms with Gasteiger partial charge in [-0.15, -0.1) is 0 Å². The van der Waals surface area contributed by atoms with Gasteiger partial charge in [0.15, 0.2) is 0 Å². The number of pyridine rings is 1. The zero-order valence-corrected chi connectivity index (χ0v) is 15.4. The van der Waals surface area contributed by atoms with Gasteiger partial charge >= 0.3 is 5.69 Å². The minimum atomic E-state index is 0.0287. The van der Waals surface area contributed by atoms with E-state index in [0.29, 0.717) is 0 Å². The Balaban J connectivity index is 2.02. The molecule has 5 nitrogen and oxygen atoms in total. The highest BCUT2D eigenvalue weighted by Gasteiger charge is 2.27. The first-order valence-corrected chi connectivity index (χ1v) is 9.07. The summed E-state index contributed by atoms with van der Waals surface area (Å²) in [6.45, 7) is 0. The smallest absolute Gasteiger partial charge is 0.329 e. The van der Waals surface area contributed by atoms with Crippen LogP contribution >= 0.6 is 15.9 Å². The molecule has 0 N–H and O–H groups in total. The average Bonchev–Trinajstić information content (AvgIpc) is 2.86.